The van der Waals surface area contributed by atoms with Crippen molar-refractivity contribution >= 4 is 34.8 Å². The van der Waals surface area contributed by atoms with Gasteiger partial charge in [0.25, 0.3) is 0 Å². The standard InChI is InChI=1S/C13H17Cl2NO2/c1-3-18-8-7-16(12(17)9-14)13-10(2)5-4-6-11(13)15/h4-6H,3,7-9H2,1-2H3. The zero-order valence-electron chi connectivity index (χ0n) is 10.6. The van der Waals surface area contributed by atoms with Gasteiger partial charge >= 0.3 is 0 Å². The maximum atomic E-state index is 11.9. The van der Waals surface area contributed by atoms with Gasteiger partial charge in [0, 0.05) is 13.2 Å². The van der Waals surface area contributed by atoms with Gasteiger partial charge in [0.15, 0.2) is 0 Å². The van der Waals surface area contributed by atoms with Crippen molar-refractivity contribution in [2.24, 2.45) is 0 Å². The number of rotatable bonds is 6. The first-order valence-electron chi connectivity index (χ1n) is 5.81. The summed E-state index contributed by atoms with van der Waals surface area (Å²) in [5.74, 6) is -0.246. The Morgan fingerprint density at radius 2 is 2.17 bits per heavy atom. The van der Waals surface area contributed by atoms with Crippen LogP contribution in [0.3, 0.4) is 0 Å². The molecule has 0 saturated heterocycles. The fraction of sp³-hybridized carbons (Fsp3) is 0.462. The molecule has 0 aromatic heterocycles. The van der Waals surface area contributed by atoms with Crippen LogP contribution in [0.4, 0.5) is 5.69 Å². The van der Waals surface area contributed by atoms with Crippen LogP contribution in [-0.4, -0.2) is 31.5 Å². The van der Waals surface area contributed by atoms with E-state index < -0.39 is 0 Å². The van der Waals surface area contributed by atoms with Crippen molar-refractivity contribution in [2.75, 3.05) is 30.5 Å². The van der Waals surface area contributed by atoms with E-state index in [1.807, 2.05) is 26.0 Å². The van der Waals surface area contributed by atoms with Crippen LogP contribution < -0.4 is 4.90 Å². The van der Waals surface area contributed by atoms with Gasteiger partial charge in [-0.05, 0) is 25.5 Å². The summed E-state index contributed by atoms with van der Waals surface area (Å²) in [5.41, 5.74) is 1.65. The van der Waals surface area contributed by atoms with E-state index in [0.29, 0.717) is 30.5 Å². The molecule has 18 heavy (non-hydrogen) atoms. The molecular weight excluding hydrogens is 273 g/mol. The Labute approximate surface area is 118 Å². The first-order chi connectivity index (χ1) is 8.61. The number of carbonyl (C=O) groups is 1. The fourth-order valence-corrected chi connectivity index (χ4v) is 2.17. The fourth-order valence-electron chi connectivity index (χ4n) is 1.70. The van der Waals surface area contributed by atoms with Crippen molar-refractivity contribution in [1.82, 2.24) is 0 Å². The van der Waals surface area contributed by atoms with Gasteiger partial charge in [0.2, 0.25) is 5.91 Å². The monoisotopic (exact) mass is 289 g/mol. The second kappa shape index (κ2) is 7.62. The van der Waals surface area contributed by atoms with Crippen molar-refractivity contribution in [3.05, 3.63) is 28.8 Å². The summed E-state index contributed by atoms with van der Waals surface area (Å²) >= 11 is 11.8. The molecule has 0 heterocycles. The Hall–Kier alpha value is -0.770. The third-order valence-electron chi connectivity index (χ3n) is 2.54. The van der Waals surface area contributed by atoms with Crippen LogP contribution >= 0.6 is 23.2 Å². The highest BCUT2D eigenvalue weighted by Gasteiger charge is 2.19. The molecule has 0 unspecified atom stereocenters. The lowest BCUT2D eigenvalue weighted by Crippen LogP contribution is -2.35. The van der Waals surface area contributed by atoms with E-state index in [4.69, 9.17) is 27.9 Å². The lowest BCUT2D eigenvalue weighted by Gasteiger charge is -2.24. The lowest BCUT2D eigenvalue weighted by atomic mass is 10.2. The van der Waals surface area contributed by atoms with E-state index in [1.54, 1.807) is 11.0 Å². The predicted molar refractivity (Wildman–Crippen MR) is 75.8 cm³/mol. The predicted octanol–water partition coefficient (Wildman–Crippen LogP) is 3.26. The SMILES string of the molecule is CCOCCN(C(=O)CCl)c1c(C)cccc1Cl. The minimum absolute atomic E-state index is 0.0726. The van der Waals surface area contributed by atoms with Crippen molar-refractivity contribution in [2.45, 2.75) is 13.8 Å². The van der Waals surface area contributed by atoms with Crippen LogP contribution in [0.1, 0.15) is 12.5 Å². The van der Waals surface area contributed by atoms with E-state index >= 15 is 0 Å². The summed E-state index contributed by atoms with van der Waals surface area (Å²) in [4.78, 5) is 13.5. The average Bonchev–Trinajstić information content (AvgIpc) is 2.36. The molecule has 0 atom stereocenters. The third-order valence-corrected chi connectivity index (χ3v) is 3.07. The first kappa shape index (κ1) is 15.3. The molecule has 1 aromatic rings. The van der Waals surface area contributed by atoms with E-state index in [1.165, 1.54) is 0 Å². The van der Waals surface area contributed by atoms with Gasteiger partial charge in [0.05, 0.1) is 17.3 Å². The van der Waals surface area contributed by atoms with Gasteiger partial charge in [-0.15, -0.1) is 11.6 Å². The molecule has 0 N–H and O–H groups in total. The Morgan fingerprint density at radius 3 is 2.72 bits per heavy atom. The summed E-state index contributed by atoms with van der Waals surface area (Å²) in [6.07, 6.45) is 0. The third kappa shape index (κ3) is 3.87. The highest BCUT2D eigenvalue weighted by molar-refractivity contribution is 6.35. The molecule has 1 rings (SSSR count). The maximum absolute atomic E-state index is 11.9. The second-order valence-corrected chi connectivity index (χ2v) is 4.46. The highest BCUT2D eigenvalue weighted by Crippen LogP contribution is 2.29. The van der Waals surface area contributed by atoms with Crippen LogP contribution in [0.25, 0.3) is 0 Å². The molecule has 0 spiro atoms. The molecule has 1 amide bonds. The minimum Gasteiger partial charge on any atom is -0.380 e. The highest BCUT2D eigenvalue weighted by atomic mass is 35.5. The van der Waals surface area contributed by atoms with Gasteiger partial charge in [-0.1, -0.05) is 23.7 Å². The Balaban J connectivity index is 2.98. The van der Waals surface area contributed by atoms with Crippen LogP contribution in [0.2, 0.25) is 5.02 Å². The largest absolute Gasteiger partial charge is 0.380 e. The maximum Gasteiger partial charge on any atom is 0.242 e. The van der Waals surface area contributed by atoms with E-state index in [0.717, 1.165) is 5.56 Å². The summed E-state index contributed by atoms with van der Waals surface area (Å²) in [6, 6.07) is 5.53. The number of benzene rings is 1. The average molecular weight is 290 g/mol. The molecule has 0 saturated carbocycles. The van der Waals surface area contributed by atoms with Crippen LogP contribution in [0.15, 0.2) is 18.2 Å². The number of para-hydroxylation sites is 1. The number of nitrogens with zero attached hydrogens (tertiary/aromatic N) is 1. The quantitative estimate of drug-likeness (QED) is 0.594. The van der Waals surface area contributed by atoms with Gasteiger partial charge < -0.3 is 9.64 Å². The number of hydrogen-bond acceptors (Lipinski definition) is 2. The molecule has 0 aliphatic heterocycles. The van der Waals surface area contributed by atoms with E-state index in [2.05, 4.69) is 0 Å². The topological polar surface area (TPSA) is 29.5 Å². The summed E-state index contributed by atoms with van der Waals surface area (Å²) in [6.45, 7) is 5.35. The number of hydrogen-bond donors (Lipinski definition) is 0. The molecule has 0 bridgehead atoms. The first-order valence-corrected chi connectivity index (χ1v) is 6.72. The van der Waals surface area contributed by atoms with Gasteiger partial charge in [0.1, 0.15) is 5.88 Å². The second-order valence-electron chi connectivity index (χ2n) is 3.78. The minimum atomic E-state index is -0.174. The number of ether oxygens (including phenoxy) is 1. The van der Waals surface area contributed by atoms with Gasteiger partial charge in [-0.25, -0.2) is 0 Å². The number of halogens is 2. The zero-order valence-corrected chi connectivity index (χ0v) is 12.1. The smallest absolute Gasteiger partial charge is 0.242 e. The van der Waals surface area contributed by atoms with Crippen molar-refractivity contribution in [3.63, 3.8) is 0 Å². The number of aryl methyl sites for hydroxylation is 1. The zero-order chi connectivity index (χ0) is 13.5. The van der Waals surface area contributed by atoms with Gasteiger partial charge in [-0.2, -0.15) is 0 Å². The molecule has 100 valence electrons. The molecule has 0 radical (unpaired) electrons. The van der Waals surface area contributed by atoms with E-state index in [9.17, 15) is 4.79 Å². The molecule has 5 heteroatoms. The molecule has 0 aliphatic rings. The molecule has 0 aliphatic carbocycles. The Morgan fingerprint density at radius 1 is 1.44 bits per heavy atom. The number of anilines is 1. The van der Waals surface area contributed by atoms with Crippen molar-refractivity contribution < 1.29 is 9.53 Å². The van der Waals surface area contributed by atoms with E-state index in [-0.39, 0.29) is 11.8 Å². The lowest BCUT2D eigenvalue weighted by molar-refractivity contribution is -0.116. The van der Waals surface area contributed by atoms with Gasteiger partial charge in [-0.3, -0.25) is 4.79 Å². The number of carbonyl (C=O) groups excluding carboxylic acids is 1. The summed E-state index contributed by atoms with van der Waals surface area (Å²) in [5, 5.41) is 0.546. The van der Waals surface area contributed by atoms with Crippen LogP contribution in [-0.2, 0) is 9.53 Å². The molecule has 1 aromatic carbocycles. The van der Waals surface area contributed by atoms with Crippen molar-refractivity contribution in [3.8, 4) is 0 Å². The summed E-state index contributed by atoms with van der Waals surface area (Å²) in [7, 11) is 0. The van der Waals surface area contributed by atoms with Crippen LogP contribution in [0.5, 0.6) is 0 Å². The summed E-state index contributed by atoms with van der Waals surface area (Å²) < 4.78 is 5.28. The number of amides is 1. The van der Waals surface area contributed by atoms with Crippen molar-refractivity contribution in [1.29, 1.82) is 0 Å². The Bertz CT molecular complexity index is 390. The normalized spacial score (nSPS) is 10.4. The Kier molecular flexibility index (Phi) is 6.47. The van der Waals surface area contributed by atoms with Crippen LogP contribution in [0, 0.1) is 6.92 Å². The number of alkyl halides is 1. The molecule has 3 nitrogen and oxygen atoms in total. The molecule has 0 fully saturated rings. The molecular formula is C13H17Cl2NO2.